The summed E-state index contributed by atoms with van der Waals surface area (Å²) in [6.45, 7) is 2.89. The molecule has 0 radical (unpaired) electrons. The van der Waals surface area contributed by atoms with Crippen LogP contribution in [-0.2, 0) is 0 Å². The monoisotopic (exact) mass is 293 g/mol. The van der Waals surface area contributed by atoms with E-state index in [1.165, 1.54) is 19.6 Å². The highest BCUT2D eigenvalue weighted by Crippen LogP contribution is 2.50. The summed E-state index contributed by atoms with van der Waals surface area (Å²) in [5.74, 6) is -0.170. The molecule has 4 atom stereocenters. The van der Waals surface area contributed by atoms with E-state index >= 15 is 0 Å². The maximum absolute atomic E-state index is 10.8. The van der Waals surface area contributed by atoms with E-state index < -0.39 is 23.2 Å². The Labute approximate surface area is 121 Å². The van der Waals surface area contributed by atoms with Gasteiger partial charge in [-0.05, 0) is 20.3 Å². The molecular formula is C13H19N5O3. The van der Waals surface area contributed by atoms with Crippen LogP contribution in [0.2, 0.25) is 0 Å². The lowest BCUT2D eigenvalue weighted by Crippen LogP contribution is -2.52. The molecule has 1 saturated carbocycles. The Kier molecular flexibility index (Phi) is 2.94. The van der Waals surface area contributed by atoms with Gasteiger partial charge in [-0.3, -0.25) is 0 Å². The van der Waals surface area contributed by atoms with E-state index in [9.17, 15) is 15.3 Å². The molecule has 21 heavy (non-hydrogen) atoms. The lowest BCUT2D eigenvalue weighted by molar-refractivity contribution is -0.146. The first kappa shape index (κ1) is 14.2. The topological polar surface area (TPSA) is 130 Å². The average molecular weight is 293 g/mol. The number of aliphatic hydroxyl groups excluding tert-OH is 1. The Hall–Kier alpha value is -1.77. The number of hydrogen-bond donors (Lipinski definition) is 4. The van der Waals surface area contributed by atoms with E-state index in [0.717, 1.165) is 0 Å². The number of rotatable bonds is 2. The van der Waals surface area contributed by atoms with Gasteiger partial charge >= 0.3 is 0 Å². The first-order valence-electron chi connectivity index (χ1n) is 6.79. The first-order valence-corrected chi connectivity index (χ1v) is 6.79. The van der Waals surface area contributed by atoms with Gasteiger partial charge in [-0.2, -0.15) is 0 Å². The molecule has 0 saturated heterocycles. The third-order valence-electron chi connectivity index (χ3n) is 4.92. The van der Waals surface area contributed by atoms with Crippen molar-refractivity contribution < 1.29 is 15.3 Å². The van der Waals surface area contributed by atoms with Crippen molar-refractivity contribution in [3.63, 3.8) is 0 Å². The normalized spacial score (nSPS) is 36.4. The predicted molar refractivity (Wildman–Crippen MR) is 75.2 cm³/mol. The molecule has 2 heterocycles. The van der Waals surface area contributed by atoms with Crippen LogP contribution in [0.25, 0.3) is 11.2 Å². The lowest BCUT2D eigenvalue weighted by atomic mass is 9.83. The number of aromatic nitrogens is 4. The largest absolute Gasteiger partial charge is 0.396 e. The zero-order valence-corrected chi connectivity index (χ0v) is 11.9. The number of nitrogens with zero attached hydrogens (tertiary/aromatic N) is 4. The second-order valence-corrected chi connectivity index (χ2v) is 6.01. The van der Waals surface area contributed by atoms with Gasteiger partial charge in [0.05, 0.1) is 18.0 Å². The van der Waals surface area contributed by atoms with Crippen molar-refractivity contribution in [1.82, 2.24) is 19.5 Å². The maximum Gasteiger partial charge on any atom is 0.165 e. The summed E-state index contributed by atoms with van der Waals surface area (Å²) in [4.78, 5) is 12.2. The van der Waals surface area contributed by atoms with Crippen molar-refractivity contribution in [3.8, 4) is 0 Å². The third kappa shape index (κ3) is 1.76. The summed E-state index contributed by atoms with van der Waals surface area (Å²) in [5, 5.41) is 30.8. The minimum absolute atomic E-state index is 0.205. The number of anilines is 1. The van der Waals surface area contributed by atoms with Crippen molar-refractivity contribution in [2.75, 3.05) is 12.3 Å². The summed E-state index contributed by atoms with van der Waals surface area (Å²) in [7, 11) is 0. The van der Waals surface area contributed by atoms with Gasteiger partial charge in [0.2, 0.25) is 0 Å². The van der Waals surface area contributed by atoms with Crippen molar-refractivity contribution >= 4 is 17.0 Å². The standard InChI is InChI=1S/C13H19N5O3/c1-12(20)7(4-19)3-8(13(12,2)21)18-6-17-9-10(14)15-5-16-11(9)18/h5-8,19-21H,3-4H2,1-2H3,(H2,14,15,16)/t7-,8-,12-,13+/m1/s1. The fourth-order valence-electron chi connectivity index (χ4n) is 3.21. The van der Waals surface area contributed by atoms with E-state index in [-0.39, 0.29) is 12.4 Å². The summed E-state index contributed by atoms with van der Waals surface area (Å²) >= 11 is 0. The SMILES string of the molecule is C[C@]1(O)[C@H](n2cnc3c(N)ncnc32)C[C@H](CO)[C@@]1(C)O. The second kappa shape index (κ2) is 4.36. The quantitative estimate of drug-likeness (QED) is 0.585. The zero-order chi connectivity index (χ0) is 15.4. The summed E-state index contributed by atoms with van der Waals surface area (Å²) in [6, 6.07) is -0.469. The first-order chi connectivity index (χ1) is 9.80. The van der Waals surface area contributed by atoms with Gasteiger partial charge < -0.3 is 25.6 Å². The molecule has 5 N–H and O–H groups in total. The summed E-state index contributed by atoms with van der Waals surface area (Å²) in [6.07, 6.45) is 3.28. The van der Waals surface area contributed by atoms with E-state index in [2.05, 4.69) is 15.0 Å². The van der Waals surface area contributed by atoms with Crippen LogP contribution in [0.15, 0.2) is 12.7 Å². The highest BCUT2D eigenvalue weighted by molar-refractivity contribution is 5.81. The van der Waals surface area contributed by atoms with Gasteiger partial charge in [-0.1, -0.05) is 0 Å². The van der Waals surface area contributed by atoms with Gasteiger partial charge in [-0.25, -0.2) is 15.0 Å². The maximum atomic E-state index is 10.8. The molecule has 114 valence electrons. The minimum Gasteiger partial charge on any atom is -0.396 e. The van der Waals surface area contributed by atoms with Gasteiger partial charge in [0.15, 0.2) is 11.5 Å². The molecule has 0 amide bonds. The van der Waals surface area contributed by atoms with E-state index in [0.29, 0.717) is 17.6 Å². The Morgan fingerprint density at radius 3 is 2.62 bits per heavy atom. The fraction of sp³-hybridized carbons (Fsp3) is 0.615. The van der Waals surface area contributed by atoms with Crippen LogP contribution in [0, 0.1) is 5.92 Å². The van der Waals surface area contributed by atoms with Crippen molar-refractivity contribution in [2.45, 2.75) is 37.5 Å². The fourth-order valence-corrected chi connectivity index (χ4v) is 3.21. The molecule has 8 heteroatoms. The third-order valence-corrected chi connectivity index (χ3v) is 4.92. The van der Waals surface area contributed by atoms with Crippen LogP contribution in [0.1, 0.15) is 26.3 Å². The summed E-state index contributed by atoms with van der Waals surface area (Å²) < 4.78 is 1.69. The van der Waals surface area contributed by atoms with E-state index in [4.69, 9.17) is 5.73 Å². The van der Waals surface area contributed by atoms with Crippen LogP contribution in [0.5, 0.6) is 0 Å². The Balaban J connectivity index is 2.13. The Morgan fingerprint density at radius 1 is 1.29 bits per heavy atom. The van der Waals surface area contributed by atoms with Gasteiger partial charge in [0, 0.05) is 12.5 Å². The number of hydrogen-bond acceptors (Lipinski definition) is 7. The predicted octanol–water partition coefficient (Wildman–Crippen LogP) is -0.536. The molecular weight excluding hydrogens is 274 g/mol. The van der Waals surface area contributed by atoms with E-state index in [1.54, 1.807) is 11.5 Å². The van der Waals surface area contributed by atoms with Crippen LogP contribution in [0.4, 0.5) is 5.82 Å². The van der Waals surface area contributed by atoms with Crippen LogP contribution < -0.4 is 5.73 Å². The van der Waals surface area contributed by atoms with Crippen molar-refractivity contribution in [1.29, 1.82) is 0 Å². The van der Waals surface area contributed by atoms with Crippen LogP contribution in [-0.4, -0.2) is 52.6 Å². The Bertz CT molecular complexity index is 681. The lowest BCUT2D eigenvalue weighted by Gasteiger charge is -2.38. The minimum atomic E-state index is -1.44. The van der Waals surface area contributed by atoms with Crippen LogP contribution >= 0.6 is 0 Å². The molecule has 1 aliphatic carbocycles. The smallest absolute Gasteiger partial charge is 0.165 e. The molecule has 0 spiro atoms. The second-order valence-electron chi connectivity index (χ2n) is 6.01. The number of aliphatic hydroxyl groups is 3. The average Bonchev–Trinajstić information content (AvgIpc) is 2.90. The molecule has 0 aliphatic heterocycles. The number of imidazole rings is 1. The molecule has 0 bridgehead atoms. The molecule has 1 aliphatic rings. The van der Waals surface area contributed by atoms with Gasteiger partial charge in [0.25, 0.3) is 0 Å². The van der Waals surface area contributed by atoms with Crippen molar-refractivity contribution in [3.05, 3.63) is 12.7 Å². The van der Waals surface area contributed by atoms with Gasteiger partial charge in [-0.15, -0.1) is 0 Å². The number of fused-ring (bicyclic) bond motifs is 1. The highest BCUT2D eigenvalue weighted by Gasteiger charge is 2.59. The molecule has 3 rings (SSSR count). The zero-order valence-electron chi connectivity index (χ0n) is 11.9. The molecule has 2 aromatic rings. The van der Waals surface area contributed by atoms with Crippen molar-refractivity contribution in [2.24, 2.45) is 5.92 Å². The molecule has 8 nitrogen and oxygen atoms in total. The molecule has 0 aromatic carbocycles. The molecule has 1 fully saturated rings. The Morgan fingerprint density at radius 2 is 2.00 bits per heavy atom. The summed E-state index contributed by atoms with van der Waals surface area (Å²) in [5.41, 5.74) is 3.87. The van der Waals surface area contributed by atoms with E-state index in [1.807, 2.05) is 0 Å². The molecule has 0 unspecified atom stereocenters. The molecule has 2 aromatic heterocycles. The highest BCUT2D eigenvalue weighted by atomic mass is 16.4. The van der Waals surface area contributed by atoms with Gasteiger partial charge in [0.1, 0.15) is 17.4 Å². The van der Waals surface area contributed by atoms with Crippen LogP contribution in [0.3, 0.4) is 0 Å². The number of nitrogen functional groups attached to an aromatic ring is 1. The number of nitrogens with two attached hydrogens (primary N) is 1.